The van der Waals surface area contributed by atoms with Crippen LogP contribution in [0, 0.1) is 0 Å². The molecule has 0 fully saturated rings. The second kappa shape index (κ2) is 6.30. The lowest BCUT2D eigenvalue weighted by atomic mass is 10.1. The second-order valence-electron chi connectivity index (χ2n) is 4.80. The van der Waals surface area contributed by atoms with E-state index in [4.69, 9.17) is 23.2 Å². The minimum absolute atomic E-state index is 0.574. The number of aldehydes is 1. The van der Waals surface area contributed by atoms with Gasteiger partial charge in [0.05, 0.1) is 11.4 Å². The third-order valence-corrected chi connectivity index (χ3v) is 3.77. The molecule has 1 aromatic heterocycles. The van der Waals surface area contributed by atoms with Crippen molar-refractivity contribution in [3.05, 3.63) is 76.3 Å². The van der Waals surface area contributed by atoms with Crippen LogP contribution in [0.15, 0.2) is 60.7 Å². The van der Waals surface area contributed by atoms with Crippen molar-refractivity contribution in [2.75, 3.05) is 0 Å². The van der Waals surface area contributed by atoms with Crippen LogP contribution in [0.2, 0.25) is 10.0 Å². The molecule has 0 aliphatic heterocycles. The lowest BCUT2D eigenvalue weighted by Gasteiger charge is -2.07. The lowest BCUT2D eigenvalue weighted by molar-refractivity contribution is 0.112. The average molecular weight is 328 g/mol. The normalized spacial score (nSPS) is 10.5. The quantitative estimate of drug-likeness (QED) is 0.591. The van der Waals surface area contributed by atoms with Crippen molar-refractivity contribution in [3.63, 3.8) is 0 Å². The predicted octanol–water partition coefficient (Wildman–Crippen LogP) is 5.53. The van der Waals surface area contributed by atoms with Gasteiger partial charge in [-0.25, -0.2) is 4.98 Å². The molecule has 3 aromatic rings. The zero-order chi connectivity index (χ0) is 15.5. The fourth-order valence-electron chi connectivity index (χ4n) is 2.16. The van der Waals surface area contributed by atoms with Crippen LogP contribution in [-0.2, 0) is 0 Å². The summed E-state index contributed by atoms with van der Waals surface area (Å²) >= 11 is 11.8. The van der Waals surface area contributed by atoms with Crippen LogP contribution in [-0.4, -0.2) is 11.3 Å². The summed E-state index contributed by atoms with van der Waals surface area (Å²) in [6.07, 6.45) is 0.820. The summed E-state index contributed by atoms with van der Waals surface area (Å²) in [6, 6.07) is 18.2. The fraction of sp³-hybridized carbons (Fsp3) is 0. The van der Waals surface area contributed by atoms with Gasteiger partial charge in [-0.05, 0) is 36.4 Å². The van der Waals surface area contributed by atoms with Crippen LogP contribution in [0.25, 0.3) is 22.5 Å². The SMILES string of the molecule is O=Cc1cc(-c2ccc(Cl)cc2)nc(-c2ccc(Cl)cc2)c1. The van der Waals surface area contributed by atoms with Crippen LogP contribution < -0.4 is 0 Å². The van der Waals surface area contributed by atoms with E-state index < -0.39 is 0 Å². The number of rotatable bonds is 3. The Balaban J connectivity index is 2.12. The number of benzene rings is 2. The van der Waals surface area contributed by atoms with E-state index in [1.54, 1.807) is 36.4 Å². The molecule has 0 atom stereocenters. The minimum atomic E-state index is 0.574. The highest BCUT2D eigenvalue weighted by atomic mass is 35.5. The first-order chi connectivity index (χ1) is 10.7. The molecule has 4 heteroatoms. The van der Waals surface area contributed by atoms with E-state index in [2.05, 4.69) is 4.98 Å². The fourth-order valence-corrected chi connectivity index (χ4v) is 2.41. The van der Waals surface area contributed by atoms with Gasteiger partial charge in [0.2, 0.25) is 0 Å². The van der Waals surface area contributed by atoms with Gasteiger partial charge in [0.15, 0.2) is 0 Å². The molecule has 22 heavy (non-hydrogen) atoms. The first-order valence-electron chi connectivity index (χ1n) is 6.65. The molecule has 0 aliphatic carbocycles. The van der Waals surface area contributed by atoms with E-state index in [-0.39, 0.29) is 0 Å². The molecule has 0 unspecified atom stereocenters. The van der Waals surface area contributed by atoms with Gasteiger partial charge in [-0.1, -0.05) is 47.5 Å². The Bertz CT molecular complexity index is 748. The Morgan fingerprint density at radius 1 is 0.727 bits per heavy atom. The number of pyridine rings is 1. The molecule has 0 spiro atoms. The molecule has 0 saturated heterocycles. The van der Waals surface area contributed by atoms with E-state index in [1.807, 2.05) is 24.3 Å². The Hall–Kier alpha value is -2.16. The third-order valence-electron chi connectivity index (χ3n) is 3.26. The standard InChI is InChI=1S/C18H11Cl2NO/c19-15-5-1-13(2-6-15)17-9-12(11-22)10-18(21-17)14-3-7-16(20)8-4-14/h1-11H. The Kier molecular flexibility index (Phi) is 4.23. The van der Waals surface area contributed by atoms with Gasteiger partial charge in [0.1, 0.15) is 6.29 Å². The average Bonchev–Trinajstić information content (AvgIpc) is 2.55. The van der Waals surface area contributed by atoms with Gasteiger partial charge in [-0.2, -0.15) is 0 Å². The number of halogens is 2. The number of aromatic nitrogens is 1. The molecule has 0 bridgehead atoms. The maximum absolute atomic E-state index is 11.2. The van der Waals surface area contributed by atoms with E-state index in [0.29, 0.717) is 15.6 Å². The molecule has 108 valence electrons. The molecule has 2 nitrogen and oxygen atoms in total. The number of carbonyl (C=O) groups is 1. The van der Waals surface area contributed by atoms with Crippen LogP contribution >= 0.6 is 23.2 Å². The van der Waals surface area contributed by atoms with E-state index in [1.165, 1.54) is 0 Å². The summed E-state index contributed by atoms with van der Waals surface area (Å²) in [5.41, 5.74) is 3.84. The highest BCUT2D eigenvalue weighted by Gasteiger charge is 2.07. The van der Waals surface area contributed by atoms with Crippen molar-refractivity contribution < 1.29 is 4.79 Å². The molecule has 0 N–H and O–H groups in total. The topological polar surface area (TPSA) is 30.0 Å². The molecule has 0 aliphatic rings. The predicted molar refractivity (Wildman–Crippen MR) is 90.5 cm³/mol. The van der Waals surface area contributed by atoms with Crippen LogP contribution in [0.5, 0.6) is 0 Å². The van der Waals surface area contributed by atoms with E-state index >= 15 is 0 Å². The molecule has 0 saturated carbocycles. The summed E-state index contributed by atoms with van der Waals surface area (Å²) in [6.45, 7) is 0. The van der Waals surface area contributed by atoms with E-state index in [9.17, 15) is 4.79 Å². The van der Waals surface area contributed by atoms with Gasteiger partial charge < -0.3 is 0 Å². The summed E-state index contributed by atoms with van der Waals surface area (Å²) < 4.78 is 0. The highest BCUT2D eigenvalue weighted by Crippen LogP contribution is 2.26. The molecule has 0 radical (unpaired) electrons. The number of hydrogen-bond donors (Lipinski definition) is 0. The Labute approximate surface area is 138 Å². The molecular formula is C18H11Cl2NO. The summed E-state index contributed by atoms with van der Waals surface area (Å²) in [5, 5.41) is 1.32. The molecule has 3 rings (SSSR count). The minimum Gasteiger partial charge on any atom is -0.298 e. The van der Waals surface area contributed by atoms with Crippen LogP contribution in [0.4, 0.5) is 0 Å². The largest absolute Gasteiger partial charge is 0.298 e. The third kappa shape index (κ3) is 3.19. The van der Waals surface area contributed by atoms with Crippen molar-refractivity contribution in [1.29, 1.82) is 0 Å². The second-order valence-corrected chi connectivity index (χ2v) is 5.68. The van der Waals surface area contributed by atoms with Crippen LogP contribution in [0.3, 0.4) is 0 Å². The monoisotopic (exact) mass is 327 g/mol. The smallest absolute Gasteiger partial charge is 0.150 e. The van der Waals surface area contributed by atoms with Crippen molar-refractivity contribution >= 4 is 29.5 Å². The molecular weight excluding hydrogens is 317 g/mol. The molecule has 1 heterocycles. The van der Waals surface area contributed by atoms with Gasteiger partial charge in [-0.3, -0.25) is 4.79 Å². The maximum Gasteiger partial charge on any atom is 0.150 e. The van der Waals surface area contributed by atoms with Crippen molar-refractivity contribution in [1.82, 2.24) is 4.98 Å². The first kappa shape index (κ1) is 14.8. The van der Waals surface area contributed by atoms with E-state index in [0.717, 1.165) is 28.8 Å². The number of carbonyl (C=O) groups excluding carboxylic acids is 1. The van der Waals surface area contributed by atoms with Crippen molar-refractivity contribution in [2.24, 2.45) is 0 Å². The molecule has 0 amide bonds. The highest BCUT2D eigenvalue weighted by molar-refractivity contribution is 6.30. The summed E-state index contributed by atoms with van der Waals surface area (Å²) in [4.78, 5) is 15.8. The lowest BCUT2D eigenvalue weighted by Crippen LogP contribution is -1.92. The maximum atomic E-state index is 11.2. The zero-order valence-corrected chi connectivity index (χ0v) is 13.0. The van der Waals surface area contributed by atoms with Gasteiger partial charge in [0.25, 0.3) is 0 Å². The summed E-state index contributed by atoms with van der Waals surface area (Å²) in [5.74, 6) is 0. The number of hydrogen-bond acceptors (Lipinski definition) is 2. The summed E-state index contributed by atoms with van der Waals surface area (Å²) in [7, 11) is 0. The Morgan fingerprint density at radius 3 is 1.50 bits per heavy atom. The number of nitrogens with zero attached hydrogens (tertiary/aromatic N) is 1. The van der Waals surface area contributed by atoms with Crippen LogP contribution in [0.1, 0.15) is 10.4 Å². The zero-order valence-electron chi connectivity index (χ0n) is 11.5. The first-order valence-corrected chi connectivity index (χ1v) is 7.40. The van der Waals surface area contributed by atoms with Gasteiger partial charge >= 0.3 is 0 Å². The van der Waals surface area contributed by atoms with Crippen molar-refractivity contribution in [2.45, 2.75) is 0 Å². The molecule has 2 aromatic carbocycles. The van der Waals surface area contributed by atoms with Gasteiger partial charge in [-0.15, -0.1) is 0 Å². The van der Waals surface area contributed by atoms with Crippen molar-refractivity contribution in [3.8, 4) is 22.5 Å². The Morgan fingerprint density at radius 2 is 1.14 bits per heavy atom. The van der Waals surface area contributed by atoms with Gasteiger partial charge in [0, 0.05) is 26.7 Å².